The van der Waals surface area contributed by atoms with Gasteiger partial charge in [0.1, 0.15) is 11.0 Å². The molecule has 0 aliphatic carbocycles. The van der Waals surface area contributed by atoms with Crippen LogP contribution in [0, 0.1) is 0 Å². The molecule has 9 rings (SSSR count). The number of nitrogens with zero attached hydrogens (tertiary/aromatic N) is 8. The van der Waals surface area contributed by atoms with Crippen LogP contribution in [0.3, 0.4) is 0 Å². The van der Waals surface area contributed by atoms with Crippen LogP contribution in [0.15, 0.2) is 134 Å². The Morgan fingerprint density at radius 2 is 1.00 bits per heavy atom. The number of hydrogen-bond donors (Lipinski definition) is 0. The van der Waals surface area contributed by atoms with E-state index in [0.717, 1.165) is 55.3 Å². The van der Waals surface area contributed by atoms with Gasteiger partial charge in [-0.1, -0.05) is 97.1 Å². The van der Waals surface area contributed by atoms with Crippen LogP contribution in [0.25, 0.3) is 78.5 Å². The first kappa shape index (κ1) is 24.3. The molecule has 0 aliphatic rings. The van der Waals surface area contributed by atoms with Crippen LogP contribution < -0.4 is 0 Å². The van der Waals surface area contributed by atoms with Crippen molar-refractivity contribution in [2.75, 3.05) is 0 Å². The van der Waals surface area contributed by atoms with E-state index >= 15 is 0 Å². The van der Waals surface area contributed by atoms with Gasteiger partial charge < -0.3 is 0 Å². The lowest BCUT2D eigenvalue weighted by Gasteiger charge is -2.10. The minimum Gasteiger partial charge on any atom is -0.291 e. The molecular formula is C36H22N8. The number of hydrogen-bond acceptors (Lipinski definition) is 6. The Balaban J connectivity index is 1.41. The molecule has 9 aromatic rings. The van der Waals surface area contributed by atoms with Gasteiger partial charge in [-0.15, -0.1) is 0 Å². The summed E-state index contributed by atoms with van der Waals surface area (Å²) in [6.07, 6.45) is 3.67. The molecule has 5 aromatic heterocycles. The lowest BCUT2D eigenvalue weighted by Crippen LogP contribution is -2.07. The van der Waals surface area contributed by atoms with Crippen LogP contribution in [0.4, 0.5) is 0 Å². The van der Waals surface area contributed by atoms with Crippen LogP contribution in [-0.2, 0) is 0 Å². The number of rotatable bonds is 4. The van der Waals surface area contributed by atoms with E-state index in [1.807, 2.05) is 108 Å². The lowest BCUT2D eigenvalue weighted by atomic mass is 10.2. The highest BCUT2D eigenvalue weighted by Crippen LogP contribution is 2.35. The minimum absolute atomic E-state index is 0.474. The quantitative estimate of drug-likeness (QED) is 0.218. The van der Waals surface area contributed by atoms with E-state index < -0.39 is 0 Å². The summed E-state index contributed by atoms with van der Waals surface area (Å²) < 4.78 is 4.12. The zero-order valence-electron chi connectivity index (χ0n) is 23.3. The fourth-order valence-electron chi connectivity index (χ4n) is 5.89. The smallest absolute Gasteiger partial charge is 0.240 e. The third kappa shape index (κ3) is 3.71. The predicted octanol–water partition coefficient (Wildman–Crippen LogP) is 7.58. The Bertz CT molecular complexity index is 2430. The molecule has 0 saturated heterocycles. The van der Waals surface area contributed by atoms with E-state index in [0.29, 0.717) is 23.2 Å². The van der Waals surface area contributed by atoms with Crippen LogP contribution in [0.2, 0.25) is 0 Å². The lowest BCUT2D eigenvalue weighted by molar-refractivity contribution is 0.943. The zero-order valence-corrected chi connectivity index (χ0v) is 23.3. The van der Waals surface area contributed by atoms with Crippen molar-refractivity contribution in [2.45, 2.75) is 0 Å². The Morgan fingerprint density at radius 3 is 1.68 bits per heavy atom. The molecule has 0 fully saturated rings. The molecule has 0 spiro atoms. The van der Waals surface area contributed by atoms with Gasteiger partial charge in [0, 0.05) is 33.8 Å². The molecule has 0 N–H and O–H groups in total. The molecule has 0 unspecified atom stereocenters. The average Bonchev–Trinajstić information content (AvgIpc) is 3.60. The Labute approximate surface area is 251 Å². The summed E-state index contributed by atoms with van der Waals surface area (Å²) in [7, 11) is 0. The third-order valence-electron chi connectivity index (χ3n) is 7.88. The first-order valence-electron chi connectivity index (χ1n) is 14.3. The Morgan fingerprint density at radius 1 is 0.432 bits per heavy atom. The minimum atomic E-state index is 0.474. The van der Waals surface area contributed by atoms with Gasteiger partial charge in [0.15, 0.2) is 22.9 Å². The number of fused-ring (bicyclic) bond motifs is 6. The van der Waals surface area contributed by atoms with Crippen LogP contribution >= 0.6 is 0 Å². The van der Waals surface area contributed by atoms with E-state index in [1.165, 1.54) is 0 Å². The van der Waals surface area contributed by atoms with Crippen molar-refractivity contribution >= 4 is 44.1 Å². The fourth-order valence-corrected chi connectivity index (χ4v) is 5.89. The van der Waals surface area contributed by atoms with Gasteiger partial charge in [0.05, 0.1) is 17.2 Å². The molecule has 0 saturated carbocycles. The predicted molar refractivity (Wildman–Crippen MR) is 173 cm³/mol. The molecular weight excluding hydrogens is 544 g/mol. The topological polar surface area (TPSA) is 87.2 Å². The molecule has 44 heavy (non-hydrogen) atoms. The van der Waals surface area contributed by atoms with Crippen molar-refractivity contribution in [2.24, 2.45) is 0 Å². The van der Waals surface area contributed by atoms with E-state index in [4.69, 9.17) is 24.9 Å². The van der Waals surface area contributed by atoms with Crippen LogP contribution in [0.1, 0.15) is 0 Å². The third-order valence-corrected chi connectivity index (χ3v) is 7.88. The van der Waals surface area contributed by atoms with Gasteiger partial charge in [0.2, 0.25) is 5.95 Å². The van der Waals surface area contributed by atoms with Crippen molar-refractivity contribution in [3.63, 3.8) is 0 Å². The van der Waals surface area contributed by atoms with Crippen LogP contribution in [-0.4, -0.2) is 39.0 Å². The maximum absolute atomic E-state index is 5.34. The summed E-state index contributed by atoms with van der Waals surface area (Å²) in [5, 5.41) is 1.96. The molecule has 0 aliphatic heterocycles. The maximum atomic E-state index is 5.34. The van der Waals surface area contributed by atoms with E-state index in [2.05, 4.69) is 33.8 Å². The van der Waals surface area contributed by atoms with Gasteiger partial charge in [0.25, 0.3) is 0 Å². The summed E-state index contributed by atoms with van der Waals surface area (Å²) in [5.41, 5.74) is 7.62. The van der Waals surface area contributed by atoms with Crippen molar-refractivity contribution in [3.8, 4) is 34.4 Å². The van der Waals surface area contributed by atoms with Crippen molar-refractivity contribution < 1.29 is 0 Å². The number of aromatic nitrogens is 8. The highest BCUT2D eigenvalue weighted by Gasteiger charge is 2.23. The van der Waals surface area contributed by atoms with Gasteiger partial charge >= 0.3 is 0 Å². The van der Waals surface area contributed by atoms with Crippen molar-refractivity contribution in [3.05, 3.63) is 134 Å². The maximum Gasteiger partial charge on any atom is 0.240 e. The second-order valence-electron chi connectivity index (χ2n) is 10.5. The monoisotopic (exact) mass is 566 g/mol. The van der Waals surface area contributed by atoms with Gasteiger partial charge in [-0.05, 0) is 24.3 Å². The summed E-state index contributed by atoms with van der Waals surface area (Å²) >= 11 is 0. The number of pyridine rings is 1. The SMILES string of the molecule is c1ccc(-c2nc(-c3ccccc3)nc(-n3c4ccccc4c4nc5c6ccncc6n(-c6ccccc6)c5nc43)n2)cc1. The van der Waals surface area contributed by atoms with Crippen molar-refractivity contribution in [1.29, 1.82) is 0 Å². The van der Waals surface area contributed by atoms with Gasteiger partial charge in [-0.25, -0.2) is 15.0 Å². The van der Waals surface area contributed by atoms with E-state index in [-0.39, 0.29) is 0 Å². The van der Waals surface area contributed by atoms with Crippen LogP contribution in [0.5, 0.6) is 0 Å². The summed E-state index contributed by atoms with van der Waals surface area (Å²) in [5.74, 6) is 1.64. The highest BCUT2D eigenvalue weighted by atomic mass is 15.2. The summed E-state index contributed by atoms with van der Waals surface area (Å²) in [6, 6.07) is 40.3. The number of benzene rings is 4. The van der Waals surface area contributed by atoms with E-state index in [1.54, 1.807) is 6.20 Å². The molecule has 0 bridgehead atoms. The van der Waals surface area contributed by atoms with Gasteiger partial charge in [-0.2, -0.15) is 9.97 Å². The average molecular weight is 567 g/mol. The highest BCUT2D eigenvalue weighted by molar-refractivity contribution is 6.12. The Hall–Kier alpha value is -6.28. The molecule has 0 atom stereocenters. The molecule has 0 radical (unpaired) electrons. The second kappa shape index (κ2) is 9.64. The molecule has 8 nitrogen and oxygen atoms in total. The number of para-hydroxylation sites is 2. The summed E-state index contributed by atoms with van der Waals surface area (Å²) in [4.78, 5) is 30.0. The normalized spacial score (nSPS) is 11.6. The van der Waals surface area contributed by atoms with E-state index in [9.17, 15) is 0 Å². The molecule has 8 heteroatoms. The molecule has 5 heterocycles. The first-order chi connectivity index (χ1) is 21.8. The molecule has 206 valence electrons. The summed E-state index contributed by atoms with van der Waals surface area (Å²) in [6.45, 7) is 0. The first-order valence-corrected chi connectivity index (χ1v) is 14.3. The second-order valence-corrected chi connectivity index (χ2v) is 10.5. The largest absolute Gasteiger partial charge is 0.291 e. The zero-order chi connectivity index (χ0) is 29.0. The fraction of sp³-hybridized carbons (Fsp3) is 0. The standard InChI is InChI=1S/C36H22N8/c1-4-12-23(13-5-1)32-39-33(24-14-6-2-7-15-24)41-36(40-32)44-28-19-11-10-18-26(28)30-35(44)42-34-31(38-30)27-20-21-37-22-29(27)43(34)25-16-8-3-9-17-25/h1-22H. The molecule has 0 amide bonds. The van der Waals surface area contributed by atoms with Crippen molar-refractivity contribution in [1.82, 2.24) is 39.0 Å². The molecule has 4 aromatic carbocycles. The Kier molecular flexibility index (Phi) is 5.33. The van der Waals surface area contributed by atoms with Gasteiger partial charge in [-0.3, -0.25) is 14.1 Å².